The highest BCUT2D eigenvalue weighted by molar-refractivity contribution is 7.32. The average Bonchev–Trinajstić information content (AvgIpc) is 2.22. The number of hydrogen-bond donors (Lipinski definition) is 5. The van der Waals surface area contributed by atoms with Gasteiger partial charge < -0.3 is 25.8 Å². The Balaban J connectivity index is 4.60. The van der Waals surface area contributed by atoms with Crippen LogP contribution in [0.25, 0.3) is 0 Å². The van der Waals surface area contributed by atoms with E-state index in [4.69, 9.17) is 20.8 Å². The van der Waals surface area contributed by atoms with E-state index in [0.29, 0.717) is 0 Å². The average molecular weight is 242 g/mol. The molecular formula is C6H13NO7P+. The van der Waals surface area contributed by atoms with Crippen LogP contribution < -0.4 is 5.73 Å². The Morgan fingerprint density at radius 3 is 2.33 bits per heavy atom. The van der Waals surface area contributed by atoms with Crippen molar-refractivity contribution in [3.05, 3.63) is 0 Å². The summed E-state index contributed by atoms with van der Waals surface area (Å²) < 4.78 is 14.6. The molecular weight excluding hydrogens is 229 g/mol. The van der Waals surface area contributed by atoms with E-state index in [1.807, 2.05) is 0 Å². The summed E-state index contributed by atoms with van der Waals surface area (Å²) in [5.74, 6) is 0. The molecule has 0 aromatic carbocycles. The molecule has 6 N–H and O–H groups in total. The molecule has 1 unspecified atom stereocenters. The van der Waals surface area contributed by atoms with Crippen molar-refractivity contribution in [1.29, 1.82) is 0 Å². The molecule has 0 heterocycles. The van der Waals surface area contributed by atoms with E-state index in [-0.39, 0.29) is 6.29 Å². The van der Waals surface area contributed by atoms with Crippen molar-refractivity contribution in [2.45, 2.75) is 24.4 Å². The van der Waals surface area contributed by atoms with E-state index in [1.165, 1.54) is 0 Å². The molecule has 88 valence electrons. The summed E-state index contributed by atoms with van der Waals surface area (Å²) in [6.07, 6.45) is -4.72. The summed E-state index contributed by atoms with van der Waals surface area (Å²) >= 11 is 0. The lowest BCUT2D eigenvalue weighted by Crippen LogP contribution is -2.50. The number of carbonyl (C=O) groups excluding carboxylic acids is 1. The van der Waals surface area contributed by atoms with E-state index >= 15 is 0 Å². The highest BCUT2D eigenvalue weighted by atomic mass is 31.1. The van der Waals surface area contributed by atoms with Crippen molar-refractivity contribution < 1.29 is 34.1 Å². The van der Waals surface area contributed by atoms with Crippen molar-refractivity contribution in [1.82, 2.24) is 0 Å². The summed E-state index contributed by atoms with van der Waals surface area (Å²) in [5, 5.41) is 26.9. The number of aliphatic hydroxyl groups excluding tert-OH is 3. The molecule has 0 amide bonds. The minimum absolute atomic E-state index is 0.191. The molecule has 0 radical (unpaired) electrons. The molecule has 8 nitrogen and oxygen atoms in total. The SMILES string of the molecule is N[C@@H](C=O)[C@@H](O[P+](=O)O)[C@H](O)[C@H](O)CO. The number of aliphatic hydroxyl groups is 3. The van der Waals surface area contributed by atoms with Crippen LogP contribution in [0.5, 0.6) is 0 Å². The van der Waals surface area contributed by atoms with Gasteiger partial charge >= 0.3 is 8.25 Å². The Morgan fingerprint density at radius 1 is 1.47 bits per heavy atom. The number of carbonyl (C=O) groups is 1. The van der Waals surface area contributed by atoms with Crippen LogP contribution in [-0.4, -0.2) is 57.5 Å². The molecule has 0 bridgehead atoms. The zero-order valence-corrected chi connectivity index (χ0v) is 8.53. The van der Waals surface area contributed by atoms with E-state index < -0.39 is 39.2 Å². The van der Waals surface area contributed by atoms with Crippen molar-refractivity contribution in [2.24, 2.45) is 5.73 Å². The quantitative estimate of drug-likeness (QED) is 0.238. The van der Waals surface area contributed by atoms with E-state index in [9.17, 15) is 14.5 Å². The third-order valence-corrected chi connectivity index (χ3v) is 2.09. The monoisotopic (exact) mass is 242 g/mol. The molecule has 0 aromatic heterocycles. The fourth-order valence-electron chi connectivity index (χ4n) is 0.869. The van der Waals surface area contributed by atoms with Crippen LogP contribution in [0.4, 0.5) is 0 Å². The van der Waals surface area contributed by atoms with Crippen LogP contribution in [0.2, 0.25) is 0 Å². The molecule has 0 saturated carbocycles. The van der Waals surface area contributed by atoms with Crippen LogP contribution in [0.1, 0.15) is 0 Å². The van der Waals surface area contributed by atoms with Gasteiger partial charge in [-0.05, 0) is 0 Å². The van der Waals surface area contributed by atoms with Crippen molar-refractivity contribution in [3.63, 3.8) is 0 Å². The lowest BCUT2D eigenvalue weighted by molar-refractivity contribution is -0.116. The van der Waals surface area contributed by atoms with Crippen molar-refractivity contribution in [2.75, 3.05) is 6.61 Å². The summed E-state index contributed by atoms with van der Waals surface area (Å²) in [4.78, 5) is 18.7. The summed E-state index contributed by atoms with van der Waals surface area (Å²) in [6, 6.07) is -1.38. The van der Waals surface area contributed by atoms with Crippen LogP contribution >= 0.6 is 8.25 Å². The molecule has 0 fully saturated rings. The van der Waals surface area contributed by atoms with Gasteiger partial charge in [-0.2, -0.15) is 0 Å². The maximum absolute atomic E-state index is 10.3. The second-order valence-corrected chi connectivity index (χ2v) is 3.45. The number of hydrogen-bond acceptors (Lipinski definition) is 7. The molecule has 0 aliphatic heterocycles. The first-order chi connectivity index (χ1) is 6.93. The first-order valence-corrected chi connectivity index (χ1v) is 5.07. The summed E-state index contributed by atoms with van der Waals surface area (Å²) in [5.41, 5.74) is 5.17. The lowest BCUT2D eigenvalue weighted by Gasteiger charge is -2.22. The zero-order valence-electron chi connectivity index (χ0n) is 7.63. The van der Waals surface area contributed by atoms with E-state index in [2.05, 4.69) is 4.52 Å². The van der Waals surface area contributed by atoms with Crippen LogP contribution in [0.15, 0.2) is 0 Å². The van der Waals surface area contributed by atoms with Gasteiger partial charge in [-0.3, -0.25) is 0 Å². The zero-order chi connectivity index (χ0) is 12.0. The highest BCUT2D eigenvalue weighted by Gasteiger charge is 2.38. The van der Waals surface area contributed by atoms with E-state index in [1.54, 1.807) is 0 Å². The molecule has 0 aliphatic carbocycles. The maximum Gasteiger partial charge on any atom is 0.695 e. The second-order valence-electron chi connectivity index (χ2n) is 2.76. The number of rotatable bonds is 7. The Bertz CT molecular complexity index is 226. The summed E-state index contributed by atoms with van der Waals surface area (Å²) in [7, 11) is -3.08. The second kappa shape index (κ2) is 6.91. The molecule has 0 rings (SSSR count). The molecule has 0 spiro atoms. The lowest BCUT2D eigenvalue weighted by atomic mass is 10.0. The van der Waals surface area contributed by atoms with Gasteiger partial charge in [-0.25, -0.2) is 0 Å². The van der Waals surface area contributed by atoms with Gasteiger partial charge in [0.15, 0.2) is 6.10 Å². The van der Waals surface area contributed by atoms with Gasteiger partial charge in [0, 0.05) is 4.57 Å². The highest BCUT2D eigenvalue weighted by Crippen LogP contribution is 2.22. The minimum atomic E-state index is -3.08. The predicted molar refractivity (Wildman–Crippen MR) is 47.8 cm³/mol. The fraction of sp³-hybridized carbons (Fsp3) is 0.833. The molecule has 0 aromatic rings. The number of aldehydes is 1. The molecule has 0 aliphatic rings. The molecule has 5 atom stereocenters. The smallest absolute Gasteiger partial charge is 0.394 e. The Morgan fingerprint density at radius 2 is 2.00 bits per heavy atom. The van der Waals surface area contributed by atoms with Gasteiger partial charge in [0.25, 0.3) is 0 Å². The predicted octanol–water partition coefficient (Wildman–Crippen LogP) is -2.74. The Hall–Kier alpha value is -0.470. The Labute approximate surface area is 86.2 Å². The Kier molecular flexibility index (Phi) is 6.70. The normalized spacial score (nSPS) is 20.2. The van der Waals surface area contributed by atoms with Gasteiger partial charge in [-0.1, -0.05) is 0 Å². The van der Waals surface area contributed by atoms with E-state index in [0.717, 1.165) is 0 Å². The third-order valence-electron chi connectivity index (χ3n) is 1.67. The van der Waals surface area contributed by atoms with Crippen LogP contribution in [0.3, 0.4) is 0 Å². The largest absolute Gasteiger partial charge is 0.695 e. The topological polar surface area (TPSA) is 150 Å². The molecule has 9 heteroatoms. The van der Waals surface area contributed by atoms with Crippen LogP contribution in [-0.2, 0) is 13.9 Å². The van der Waals surface area contributed by atoms with Gasteiger partial charge in [0.1, 0.15) is 18.5 Å². The summed E-state index contributed by atoms with van der Waals surface area (Å²) in [6.45, 7) is -0.797. The number of nitrogens with two attached hydrogens (primary N) is 1. The third kappa shape index (κ3) is 4.72. The van der Waals surface area contributed by atoms with Gasteiger partial charge in [0.2, 0.25) is 0 Å². The van der Waals surface area contributed by atoms with Crippen molar-refractivity contribution >= 4 is 14.5 Å². The van der Waals surface area contributed by atoms with Crippen LogP contribution in [0, 0.1) is 0 Å². The molecule has 0 saturated heterocycles. The fourth-order valence-corrected chi connectivity index (χ4v) is 1.34. The standard InChI is InChI=1S/C6H12NO7P/c7-3(1-8)6(14-15(12)13)5(11)4(10)2-9/h1,3-6,9-11H,2,7H2/p+1/t3-,4+,5+,6+/m0/s1. The van der Waals surface area contributed by atoms with Gasteiger partial charge in [0.05, 0.1) is 12.6 Å². The first kappa shape index (κ1) is 14.5. The van der Waals surface area contributed by atoms with Gasteiger partial charge in [-0.15, -0.1) is 9.42 Å². The minimum Gasteiger partial charge on any atom is -0.394 e. The van der Waals surface area contributed by atoms with Crippen molar-refractivity contribution in [3.8, 4) is 0 Å². The molecule has 15 heavy (non-hydrogen) atoms. The first-order valence-electron chi connectivity index (χ1n) is 3.94. The maximum atomic E-state index is 10.3.